The van der Waals surface area contributed by atoms with Gasteiger partial charge in [-0.05, 0) is 53.5 Å². The van der Waals surface area contributed by atoms with E-state index in [4.69, 9.17) is 4.74 Å². The summed E-state index contributed by atoms with van der Waals surface area (Å²) < 4.78 is 5.30. The average molecular weight is 429 g/mol. The highest BCUT2D eigenvalue weighted by molar-refractivity contribution is 7.10. The molecule has 1 aliphatic rings. The maximum Gasteiger partial charge on any atom is 0.242 e. The minimum Gasteiger partial charge on any atom is -0.497 e. The SMILES string of the molecule is CCCC(=O)N(CC(=O)N1CCc2sccc2[C@@H]1c1ccc(OC)cc1)CC(C)C. The summed E-state index contributed by atoms with van der Waals surface area (Å²) in [7, 11) is 1.65. The van der Waals surface area contributed by atoms with Gasteiger partial charge in [-0.25, -0.2) is 0 Å². The Morgan fingerprint density at radius 2 is 1.97 bits per heavy atom. The number of thiophene rings is 1. The zero-order valence-electron chi connectivity index (χ0n) is 18.4. The van der Waals surface area contributed by atoms with Gasteiger partial charge in [-0.2, -0.15) is 0 Å². The van der Waals surface area contributed by atoms with Crippen LogP contribution >= 0.6 is 11.3 Å². The second-order valence-electron chi connectivity index (χ2n) is 8.23. The Hall–Kier alpha value is -2.34. The first kappa shape index (κ1) is 22.3. The molecule has 0 saturated heterocycles. The molecule has 0 bridgehead atoms. The molecule has 2 heterocycles. The molecule has 0 aliphatic carbocycles. The van der Waals surface area contributed by atoms with Crippen molar-refractivity contribution >= 4 is 23.2 Å². The molecular weight excluding hydrogens is 396 g/mol. The van der Waals surface area contributed by atoms with Gasteiger partial charge in [-0.1, -0.05) is 32.9 Å². The molecule has 6 heteroatoms. The van der Waals surface area contributed by atoms with Crippen molar-refractivity contribution < 1.29 is 14.3 Å². The van der Waals surface area contributed by atoms with Crippen LogP contribution in [0.5, 0.6) is 5.75 Å². The van der Waals surface area contributed by atoms with Gasteiger partial charge < -0.3 is 14.5 Å². The molecule has 1 aromatic heterocycles. The second-order valence-corrected chi connectivity index (χ2v) is 9.23. The van der Waals surface area contributed by atoms with E-state index in [-0.39, 0.29) is 24.4 Å². The van der Waals surface area contributed by atoms with Crippen molar-refractivity contribution in [1.29, 1.82) is 0 Å². The van der Waals surface area contributed by atoms with Crippen molar-refractivity contribution in [1.82, 2.24) is 9.80 Å². The first-order chi connectivity index (χ1) is 14.4. The van der Waals surface area contributed by atoms with E-state index in [2.05, 4.69) is 25.3 Å². The third-order valence-electron chi connectivity index (χ3n) is 5.45. The maximum absolute atomic E-state index is 13.4. The Bertz CT molecular complexity index is 860. The Labute approximate surface area is 183 Å². The largest absolute Gasteiger partial charge is 0.497 e. The minimum atomic E-state index is -0.124. The summed E-state index contributed by atoms with van der Waals surface area (Å²) in [4.78, 5) is 31.1. The van der Waals surface area contributed by atoms with E-state index >= 15 is 0 Å². The fraction of sp³-hybridized carbons (Fsp3) is 0.500. The van der Waals surface area contributed by atoms with E-state index < -0.39 is 0 Å². The number of ether oxygens (including phenoxy) is 1. The van der Waals surface area contributed by atoms with E-state index in [1.165, 1.54) is 10.4 Å². The van der Waals surface area contributed by atoms with E-state index in [0.717, 1.165) is 24.2 Å². The summed E-state index contributed by atoms with van der Waals surface area (Å²) in [5.74, 6) is 1.19. The molecule has 0 fully saturated rings. The highest BCUT2D eigenvalue weighted by Gasteiger charge is 2.34. The molecule has 1 aliphatic heterocycles. The lowest BCUT2D eigenvalue weighted by atomic mass is 9.93. The molecule has 3 rings (SSSR count). The van der Waals surface area contributed by atoms with E-state index in [1.54, 1.807) is 23.3 Å². The number of rotatable bonds is 8. The molecule has 2 amide bonds. The molecule has 1 atom stereocenters. The lowest BCUT2D eigenvalue weighted by Crippen LogP contribution is -2.47. The molecule has 0 N–H and O–H groups in total. The summed E-state index contributed by atoms with van der Waals surface area (Å²) in [6.45, 7) is 7.57. The van der Waals surface area contributed by atoms with Crippen LogP contribution in [0.25, 0.3) is 0 Å². The van der Waals surface area contributed by atoms with Gasteiger partial charge in [0.1, 0.15) is 5.75 Å². The molecule has 162 valence electrons. The molecule has 30 heavy (non-hydrogen) atoms. The zero-order chi connectivity index (χ0) is 21.7. The summed E-state index contributed by atoms with van der Waals surface area (Å²) in [6.07, 6.45) is 2.13. The molecule has 2 aromatic rings. The first-order valence-corrected chi connectivity index (χ1v) is 11.6. The third-order valence-corrected chi connectivity index (χ3v) is 6.44. The number of benzene rings is 1. The quantitative estimate of drug-likeness (QED) is 0.621. The number of nitrogens with zero attached hydrogens (tertiary/aromatic N) is 2. The van der Waals surface area contributed by atoms with Crippen molar-refractivity contribution in [3.05, 3.63) is 51.7 Å². The van der Waals surface area contributed by atoms with Crippen LogP contribution in [-0.4, -0.2) is 48.4 Å². The van der Waals surface area contributed by atoms with Crippen LogP contribution in [0.4, 0.5) is 0 Å². The Balaban J connectivity index is 1.87. The van der Waals surface area contributed by atoms with Crippen molar-refractivity contribution in [3.8, 4) is 5.75 Å². The van der Waals surface area contributed by atoms with Gasteiger partial charge in [-0.3, -0.25) is 9.59 Å². The van der Waals surface area contributed by atoms with Crippen LogP contribution < -0.4 is 4.74 Å². The van der Waals surface area contributed by atoms with Gasteiger partial charge >= 0.3 is 0 Å². The Morgan fingerprint density at radius 3 is 2.60 bits per heavy atom. The lowest BCUT2D eigenvalue weighted by molar-refractivity contribution is -0.142. The topological polar surface area (TPSA) is 49.9 Å². The predicted octanol–water partition coefficient (Wildman–Crippen LogP) is 4.52. The fourth-order valence-electron chi connectivity index (χ4n) is 4.05. The first-order valence-electron chi connectivity index (χ1n) is 10.7. The summed E-state index contributed by atoms with van der Waals surface area (Å²) in [5, 5.41) is 2.10. The molecular formula is C24H32N2O3S. The number of fused-ring (bicyclic) bond motifs is 1. The maximum atomic E-state index is 13.4. The van der Waals surface area contributed by atoms with E-state index in [0.29, 0.717) is 25.4 Å². The van der Waals surface area contributed by atoms with Crippen molar-refractivity contribution in [2.24, 2.45) is 5.92 Å². The smallest absolute Gasteiger partial charge is 0.242 e. The molecule has 0 radical (unpaired) electrons. The van der Waals surface area contributed by atoms with Gasteiger partial charge in [0.15, 0.2) is 0 Å². The number of carbonyl (C=O) groups excluding carboxylic acids is 2. The molecule has 0 spiro atoms. The van der Waals surface area contributed by atoms with Gasteiger partial charge in [0.05, 0.1) is 19.7 Å². The van der Waals surface area contributed by atoms with Crippen molar-refractivity contribution in [2.75, 3.05) is 26.7 Å². The average Bonchev–Trinajstić information content (AvgIpc) is 3.21. The van der Waals surface area contributed by atoms with Crippen LogP contribution in [0.2, 0.25) is 0 Å². The molecule has 1 aromatic carbocycles. The standard InChI is InChI=1S/C24H32N2O3S/c1-5-6-22(27)25(15-17(2)3)16-23(28)26-13-11-21-20(12-14-30-21)24(26)18-7-9-19(29-4)10-8-18/h7-10,12,14,17,24H,5-6,11,13,15-16H2,1-4H3/t24-/m0/s1. The van der Waals surface area contributed by atoms with Crippen LogP contribution in [0.15, 0.2) is 35.7 Å². The Morgan fingerprint density at radius 1 is 1.23 bits per heavy atom. The summed E-state index contributed by atoms with van der Waals surface area (Å²) in [6, 6.07) is 9.95. The van der Waals surface area contributed by atoms with Crippen LogP contribution in [-0.2, 0) is 16.0 Å². The highest BCUT2D eigenvalue weighted by atomic mass is 32.1. The van der Waals surface area contributed by atoms with Crippen molar-refractivity contribution in [3.63, 3.8) is 0 Å². The van der Waals surface area contributed by atoms with Crippen LogP contribution in [0, 0.1) is 5.92 Å². The highest BCUT2D eigenvalue weighted by Crippen LogP contribution is 2.38. The normalized spacial score (nSPS) is 15.8. The lowest BCUT2D eigenvalue weighted by Gasteiger charge is -2.38. The van der Waals surface area contributed by atoms with Gasteiger partial charge in [0.25, 0.3) is 0 Å². The van der Waals surface area contributed by atoms with E-state index in [1.807, 2.05) is 36.1 Å². The number of amides is 2. The number of methoxy groups -OCH3 is 1. The fourth-order valence-corrected chi connectivity index (χ4v) is 4.96. The van der Waals surface area contributed by atoms with Gasteiger partial charge in [0, 0.05) is 24.4 Å². The summed E-state index contributed by atoms with van der Waals surface area (Å²) >= 11 is 1.75. The van der Waals surface area contributed by atoms with Gasteiger partial charge in [-0.15, -0.1) is 11.3 Å². The zero-order valence-corrected chi connectivity index (χ0v) is 19.2. The second kappa shape index (κ2) is 10.1. The molecule has 0 saturated carbocycles. The summed E-state index contributed by atoms with van der Waals surface area (Å²) in [5.41, 5.74) is 2.26. The number of carbonyl (C=O) groups is 2. The van der Waals surface area contributed by atoms with Crippen molar-refractivity contribution in [2.45, 2.75) is 46.1 Å². The molecule has 5 nitrogen and oxygen atoms in total. The Kier molecular flexibility index (Phi) is 7.53. The molecule has 0 unspecified atom stereocenters. The van der Waals surface area contributed by atoms with E-state index in [9.17, 15) is 9.59 Å². The number of hydrogen-bond acceptors (Lipinski definition) is 4. The van der Waals surface area contributed by atoms with Crippen LogP contribution in [0.1, 0.15) is 55.7 Å². The number of hydrogen-bond donors (Lipinski definition) is 0. The third kappa shape index (κ3) is 5.04. The predicted molar refractivity (Wildman–Crippen MR) is 121 cm³/mol. The van der Waals surface area contributed by atoms with Gasteiger partial charge in [0.2, 0.25) is 11.8 Å². The van der Waals surface area contributed by atoms with Crippen LogP contribution in [0.3, 0.4) is 0 Å². The minimum absolute atomic E-state index is 0.0118. The monoisotopic (exact) mass is 428 g/mol.